The molecule has 0 radical (unpaired) electrons. The average molecular weight is 365 g/mol. The molecule has 1 aliphatic carbocycles. The highest BCUT2D eigenvalue weighted by atomic mass is 35.5. The van der Waals surface area contributed by atoms with Gasteiger partial charge in [0.2, 0.25) is 5.91 Å². The lowest BCUT2D eigenvalue weighted by Gasteiger charge is -2.19. The summed E-state index contributed by atoms with van der Waals surface area (Å²) < 4.78 is 0.985. The highest BCUT2D eigenvalue weighted by Gasteiger charge is 2.42. The van der Waals surface area contributed by atoms with E-state index in [0.29, 0.717) is 35.8 Å². The molecular formula is C17H21ClN4O3. The predicted molar refractivity (Wildman–Crippen MR) is 96.8 cm³/mol. The molecule has 3 unspecified atom stereocenters. The number of halogens is 1. The number of nitrogens with zero attached hydrogens (tertiary/aromatic N) is 2. The van der Waals surface area contributed by atoms with E-state index in [1.807, 2.05) is 0 Å². The summed E-state index contributed by atoms with van der Waals surface area (Å²) in [5, 5.41) is 0.408. The second-order valence-electron chi connectivity index (χ2n) is 6.83. The summed E-state index contributed by atoms with van der Waals surface area (Å²) in [6.45, 7) is 1.08. The van der Waals surface area contributed by atoms with Crippen LogP contribution in [0.1, 0.15) is 12.8 Å². The first kappa shape index (κ1) is 17.7. The van der Waals surface area contributed by atoms with Gasteiger partial charge >= 0.3 is 5.69 Å². The molecular weight excluding hydrogens is 344 g/mol. The van der Waals surface area contributed by atoms with Crippen LogP contribution in [0.25, 0.3) is 10.9 Å². The number of nitrogens with one attached hydrogen (secondary N) is 1. The normalized spacial score (nSPS) is 25.0. The van der Waals surface area contributed by atoms with Crippen molar-refractivity contribution in [3.8, 4) is 0 Å². The quantitative estimate of drug-likeness (QED) is 0.800. The van der Waals surface area contributed by atoms with E-state index in [9.17, 15) is 14.4 Å². The van der Waals surface area contributed by atoms with Crippen molar-refractivity contribution < 1.29 is 4.79 Å². The third-order valence-electron chi connectivity index (χ3n) is 5.45. The minimum absolute atomic E-state index is 0. The summed E-state index contributed by atoms with van der Waals surface area (Å²) in [7, 11) is 0. The SMILES string of the molecule is Cl.NC1CCC2CN(C(=O)Cn3c(=O)[nH]c4ccccc4c3=O)CC12. The Bertz CT molecular complexity index is 922. The molecule has 1 saturated heterocycles. The Morgan fingerprint density at radius 3 is 2.72 bits per heavy atom. The zero-order valence-corrected chi connectivity index (χ0v) is 14.5. The number of aromatic amines is 1. The van der Waals surface area contributed by atoms with E-state index >= 15 is 0 Å². The van der Waals surface area contributed by atoms with Gasteiger partial charge in [0.25, 0.3) is 5.56 Å². The molecule has 0 spiro atoms. The van der Waals surface area contributed by atoms with Crippen LogP contribution in [0, 0.1) is 11.8 Å². The summed E-state index contributed by atoms with van der Waals surface area (Å²) >= 11 is 0. The van der Waals surface area contributed by atoms with Gasteiger partial charge in [0.05, 0.1) is 10.9 Å². The van der Waals surface area contributed by atoms with E-state index in [1.165, 1.54) is 0 Å². The molecule has 1 saturated carbocycles. The lowest BCUT2D eigenvalue weighted by molar-refractivity contribution is -0.131. The number of fused-ring (bicyclic) bond motifs is 2. The Morgan fingerprint density at radius 2 is 1.96 bits per heavy atom. The zero-order valence-electron chi connectivity index (χ0n) is 13.7. The number of carbonyl (C=O) groups is 1. The van der Waals surface area contributed by atoms with Crippen molar-refractivity contribution in [1.82, 2.24) is 14.5 Å². The van der Waals surface area contributed by atoms with E-state index in [4.69, 9.17) is 5.73 Å². The van der Waals surface area contributed by atoms with Gasteiger partial charge in [-0.15, -0.1) is 12.4 Å². The summed E-state index contributed by atoms with van der Waals surface area (Å²) in [6, 6.07) is 6.96. The second-order valence-corrected chi connectivity index (χ2v) is 6.83. The minimum Gasteiger partial charge on any atom is -0.341 e. The number of aromatic nitrogens is 2. The molecule has 2 aliphatic rings. The second kappa shape index (κ2) is 6.65. The van der Waals surface area contributed by atoms with Gasteiger partial charge in [-0.25, -0.2) is 4.79 Å². The van der Waals surface area contributed by atoms with Crippen molar-refractivity contribution in [3.63, 3.8) is 0 Å². The van der Waals surface area contributed by atoms with Crippen molar-refractivity contribution in [2.75, 3.05) is 13.1 Å². The number of likely N-dealkylation sites (tertiary alicyclic amines) is 1. The molecule has 3 N–H and O–H groups in total. The minimum atomic E-state index is -0.553. The van der Waals surface area contributed by atoms with E-state index < -0.39 is 11.2 Å². The van der Waals surface area contributed by atoms with Crippen LogP contribution in [-0.4, -0.2) is 39.5 Å². The average Bonchev–Trinajstić information content (AvgIpc) is 3.14. The van der Waals surface area contributed by atoms with Crippen molar-refractivity contribution >= 4 is 29.2 Å². The smallest absolute Gasteiger partial charge is 0.329 e. The van der Waals surface area contributed by atoms with Gasteiger partial charge < -0.3 is 15.6 Å². The fourth-order valence-corrected chi connectivity index (χ4v) is 4.09. The lowest BCUT2D eigenvalue weighted by Crippen LogP contribution is -2.42. The maximum absolute atomic E-state index is 12.6. The van der Waals surface area contributed by atoms with Crippen LogP contribution < -0.4 is 17.0 Å². The molecule has 8 heteroatoms. The fraction of sp³-hybridized carbons (Fsp3) is 0.471. The molecule has 4 rings (SSSR count). The highest BCUT2D eigenvalue weighted by Crippen LogP contribution is 2.37. The fourth-order valence-electron chi connectivity index (χ4n) is 4.09. The van der Waals surface area contributed by atoms with Crippen LogP contribution in [0.5, 0.6) is 0 Å². The number of nitrogens with two attached hydrogens (primary N) is 1. The van der Waals surface area contributed by atoms with E-state index in [2.05, 4.69) is 4.98 Å². The molecule has 1 aromatic carbocycles. The summed E-state index contributed by atoms with van der Waals surface area (Å²) in [5.74, 6) is 0.607. The van der Waals surface area contributed by atoms with E-state index in [-0.39, 0.29) is 30.9 Å². The van der Waals surface area contributed by atoms with Crippen molar-refractivity contribution in [2.45, 2.75) is 25.4 Å². The van der Waals surface area contributed by atoms with Gasteiger partial charge in [-0.05, 0) is 36.8 Å². The number of hydrogen-bond acceptors (Lipinski definition) is 4. The van der Waals surface area contributed by atoms with Gasteiger partial charge in [-0.2, -0.15) is 0 Å². The first-order chi connectivity index (χ1) is 11.5. The number of carbonyl (C=O) groups excluding carboxylic acids is 1. The Morgan fingerprint density at radius 1 is 1.20 bits per heavy atom. The maximum Gasteiger partial charge on any atom is 0.329 e. The van der Waals surface area contributed by atoms with E-state index in [0.717, 1.165) is 17.4 Å². The monoisotopic (exact) mass is 364 g/mol. The number of rotatable bonds is 2. The largest absolute Gasteiger partial charge is 0.341 e. The molecule has 2 fully saturated rings. The summed E-state index contributed by atoms with van der Waals surface area (Å²) in [5.41, 5.74) is 5.60. The Hall–Kier alpha value is -2.12. The molecule has 2 heterocycles. The zero-order chi connectivity index (χ0) is 16.8. The number of amides is 1. The van der Waals surface area contributed by atoms with Crippen LogP contribution in [-0.2, 0) is 11.3 Å². The summed E-state index contributed by atoms with van der Waals surface area (Å²) in [6.07, 6.45) is 2.06. The predicted octanol–water partition coefficient (Wildman–Crippen LogP) is 0.307. The van der Waals surface area contributed by atoms with Gasteiger partial charge in [0.15, 0.2) is 0 Å². The van der Waals surface area contributed by atoms with Crippen molar-refractivity contribution in [3.05, 3.63) is 45.1 Å². The first-order valence-corrected chi connectivity index (χ1v) is 8.30. The molecule has 134 valence electrons. The molecule has 1 aliphatic heterocycles. The molecule has 3 atom stereocenters. The van der Waals surface area contributed by atoms with Crippen LogP contribution in [0.2, 0.25) is 0 Å². The standard InChI is InChI=1S/C17H20N4O3.ClH/c18-13-6-5-10-7-20(8-12(10)13)15(22)9-21-16(23)11-3-1-2-4-14(11)19-17(21)24;/h1-4,10,12-13H,5-9,18H2,(H,19,24);1H. The first-order valence-electron chi connectivity index (χ1n) is 8.30. The third kappa shape index (κ3) is 2.98. The van der Waals surface area contributed by atoms with Crippen LogP contribution >= 0.6 is 12.4 Å². The third-order valence-corrected chi connectivity index (χ3v) is 5.45. The van der Waals surface area contributed by atoms with Gasteiger partial charge in [-0.1, -0.05) is 12.1 Å². The topological polar surface area (TPSA) is 101 Å². The molecule has 7 nitrogen and oxygen atoms in total. The maximum atomic E-state index is 12.6. The Kier molecular flexibility index (Phi) is 4.71. The van der Waals surface area contributed by atoms with Gasteiger partial charge in [0.1, 0.15) is 6.54 Å². The molecule has 1 amide bonds. The Balaban J connectivity index is 0.00000182. The molecule has 2 aromatic rings. The van der Waals surface area contributed by atoms with Crippen molar-refractivity contribution in [2.24, 2.45) is 17.6 Å². The number of H-pyrrole nitrogens is 1. The molecule has 0 bridgehead atoms. The number of para-hydroxylation sites is 1. The Labute approximate surface area is 150 Å². The molecule has 1 aromatic heterocycles. The summed E-state index contributed by atoms with van der Waals surface area (Å²) in [4.78, 5) is 41.6. The van der Waals surface area contributed by atoms with Crippen LogP contribution in [0.15, 0.2) is 33.9 Å². The molecule has 25 heavy (non-hydrogen) atoms. The van der Waals surface area contributed by atoms with Gasteiger partial charge in [0, 0.05) is 19.1 Å². The van der Waals surface area contributed by atoms with Crippen molar-refractivity contribution in [1.29, 1.82) is 0 Å². The number of benzene rings is 1. The highest BCUT2D eigenvalue weighted by molar-refractivity contribution is 5.85. The van der Waals surface area contributed by atoms with Crippen LogP contribution in [0.4, 0.5) is 0 Å². The van der Waals surface area contributed by atoms with Crippen LogP contribution in [0.3, 0.4) is 0 Å². The van der Waals surface area contributed by atoms with E-state index in [1.54, 1.807) is 29.2 Å². The lowest BCUT2D eigenvalue weighted by atomic mass is 9.98. The van der Waals surface area contributed by atoms with Gasteiger partial charge in [-0.3, -0.25) is 14.2 Å². The number of hydrogen-bond donors (Lipinski definition) is 2.